The molecule has 0 aromatic rings. The van der Waals surface area contributed by atoms with Crippen LogP contribution in [0.2, 0.25) is 0 Å². The van der Waals surface area contributed by atoms with Crippen LogP contribution in [0.5, 0.6) is 0 Å². The molecule has 0 amide bonds. The van der Waals surface area contributed by atoms with Crippen molar-refractivity contribution in [1.82, 2.24) is 0 Å². The van der Waals surface area contributed by atoms with Crippen molar-refractivity contribution in [2.75, 3.05) is 23.0 Å². The molecular formula is C22H42O4PdS2. The molecule has 0 saturated carbocycles. The van der Waals surface area contributed by atoms with Crippen LogP contribution < -0.4 is 10.2 Å². The number of thioether (sulfide) groups is 2. The first kappa shape index (κ1) is 33.9. The molecule has 0 saturated heterocycles. The fourth-order valence-electron chi connectivity index (χ4n) is 2.38. The van der Waals surface area contributed by atoms with Crippen LogP contribution in [-0.4, -0.2) is 35.0 Å². The van der Waals surface area contributed by atoms with Gasteiger partial charge in [0, 0.05) is 11.9 Å². The maximum absolute atomic E-state index is 10.1. The van der Waals surface area contributed by atoms with E-state index >= 15 is 0 Å². The van der Waals surface area contributed by atoms with Gasteiger partial charge in [-0.3, -0.25) is 0 Å². The van der Waals surface area contributed by atoms with Gasteiger partial charge in [-0.05, 0) is 60.5 Å². The predicted octanol–water partition coefficient (Wildman–Crippen LogP) is 4.15. The summed E-state index contributed by atoms with van der Waals surface area (Å²) in [5, 5.41) is 20.2. The van der Waals surface area contributed by atoms with Crippen molar-refractivity contribution in [2.45, 2.75) is 91.9 Å². The SMILES string of the molecule is CC(C)CCCCCSCCC(=O)[O-].CC(C)CCCCCSCCC(=O)[O-].[Pd+2]. The van der Waals surface area contributed by atoms with Crippen molar-refractivity contribution in [3.05, 3.63) is 0 Å². The Bertz CT molecular complexity index is 333. The molecule has 7 heteroatoms. The molecule has 0 aliphatic heterocycles. The Hall–Kier alpha value is 0.302. The van der Waals surface area contributed by atoms with E-state index in [1.165, 1.54) is 51.4 Å². The Morgan fingerprint density at radius 3 is 1.24 bits per heavy atom. The molecule has 176 valence electrons. The first-order chi connectivity index (χ1) is 13.3. The van der Waals surface area contributed by atoms with Gasteiger partial charge in [0.2, 0.25) is 0 Å². The topological polar surface area (TPSA) is 80.3 Å². The second-order valence-corrected chi connectivity index (χ2v) is 10.4. The van der Waals surface area contributed by atoms with E-state index in [9.17, 15) is 19.8 Å². The molecule has 0 heterocycles. The monoisotopic (exact) mass is 540 g/mol. The fraction of sp³-hybridized carbons (Fsp3) is 0.909. The van der Waals surface area contributed by atoms with Crippen molar-refractivity contribution in [3.63, 3.8) is 0 Å². The largest absolute Gasteiger partial charge is 2.00 e. The molecule has 4 nitrogen and oxygen atoms in total. The number of carboxylic acids is 2. The third-order valence-corrected chi connectivity index (χ3v) is 6.18. The van der Waals surface area contributed by atoms with Crippen LogP contribution in [-0.2, 0) is 30.0 Å². The number of aliphatic carboxylic acids is 2. The smallest absolute Gasteiger partial charge is 0.550 e. The van der Waals surface area contributed by atoms with E-state index < -0.39 is 11.9 Å². The van der Waals surface area contributed by atoms with Gasteiger partial charge >= 0.3 is 20.4 Å². The van der Waals surface area contributed by atoms with Crippen molar-refractivity contribution in [2.24, 2.45) is 11.8 Å². The van der Waals surface area contributed by atoms with Crippen LogP contribution in [0.1, 0.15) is 91.9 Å². The van der Waals surface area contributed by atoms with Crippen LogP contribution in [0, 0.1) is 11.8 Å². The van der Waals surface area contributed by atoms with Crippen molar-refractivity contribution in [3.8, 4) is 0 Å². The van der Waals surface area contributed by atoms with E-state index in [2.05, 4.69) is 27.7 Å². The van der Waals surface area contributed by atoms with E-state index in [-0.39, 0.29) is 33.3 Å². The summed E-state index contributed by atoms with van der Waals surface area (Å²) in [4.78, 5) is 20.2. The van der Waals surface area contributed by atoms with Gasteiger partial charge in [-0.2, -0.15) is 23.5 Å². The minimum atomic E-state index is -0.933. The first-order valence-corrected chi connectivity index (χ1v) is 13.1. The number of unbranched alkanes of at least 4 members (excludes halogenated alkanes) is 4. The molecule has 0 aromatic carbocycles. The summed E-state index contributed by atoms with van der Waals surface area (Å²) in [6.45, 7) is 8.98. The molecule has 0 radical (unpaired) electrons. The van der Waals surface area contributed by atoms with E-state index in [0.29, 0.717) is 11.5 Å². The molecule has 0 fully saturated rings. The fourth-order valence-corrected chi connectivity index (χ4v) is 4.23. The third-order valence-electron chi connectivity index (χ3n) is 4.04. The minimum Gasteiger partial charge on any atom is -0.550 e. The van der Waals surface area contributed by atoms with Gasteiger partial charge in [0.15, 0.2) is 0 Å². The summed E-state index contributed by atoms with van der Waals surface area (Å²) in [5.74, 6) is 3.33. The van der Waals surface area contributed by atoms with Gasteiger partial charge in [0.25, 0.3) is 0 Å². The second-order valence-electron chi connectivity index (χ2n) is 7.96. The molecule has 0 spiro atoms. The molecule has 0 aromatic heterocycles. The van der Waals surface area contributed by atoms with Crippen LogP contribution >= 0.6 is 23.5 Å². The maximum atomic E-state index is 10.1. The Morgan fingerprint density at radius 2 is 0.966 bits per heavy atom. The van der Waals surface area contributed by atoms with Gasteiger partial charge in [-0.25, -0.2) is 0 Å². The van der Waals surface area contributed by atoms with E-state index in [0.717, 1.165) is 23.3 Å². The maximum Gasteiger partial charge on any atom is 2.00 e. The third kappa shape index (κ3) is 39.4. The number of carboxylic acid groups (broad SMARTS) is 2. The molecule has 0 N–H and O–H groups in total. The zero-order valence-corrected chi connectivity index (χ0v) is 22.0. The molecule has 29 heavy (non-hydrogen) atoms. The van der Waals surface area contributed by atoms with Crippen molar-refractivity contribution < 1.29 is 40.2 Å². The number of hydrogen-bond acceptors (Lipinski definition) is 6. The molecule has 0 atom stereocenters. The molecule has 0 bridgehead atoms. The predicted molar refractivity (Wildman–Crippen MR) is 121 cm³/mol. The standard InChI is InChI=1S/2C11H22O2S.Pd/c2*1-10(2)6-4-3-5-8-14-9-7-11(12)13;/h2*10H,3-9H2,1-2H3,(H,12,13);/q;;+2/p-2. The summed E-state index contributed by atoms with van der Waals surface area (Å²) in [6.07, 6.45) is 10.6. The zero-order valence-electron chi connectivity index (χ0n) is 18.8. The summed E-state index contributed by atoms with van der Waals surface area (Å²) in [5.41, 5.74) is 0. The van der Waals surface area contributed by atoms with Crippen molar-refractivity contribution in [1.29, 1.82) is 0 Å². The van der Waals surface area contributed by atoms with Crippen molar-refractivity contribution >= 4 is 35.5 Å². The molecule has 0 rings (SSSR count). The second kappa shape index (κ2) is 26.3. The molecular weight excluding hydrogens is 499 g/mol. The Balaban J connectivity index is -0.000000451. The van der Waals surface area contributed by atoms with Crippen LogP contribution in [0.15, 0.2) is 0 Å². The zero-order chi connectivity index (χ0) is 21.6. The summed E-state index contributed by atoms with van der Waals surface area (Å²) in [6, 6.07) is 0. The molecule has 0 unspecified atom stereocenters. The summed E-state index contributed by atoms with van der Waals surface area (Å²) in [7, 11) is 0. The quantitative estimate of drug-likeness (QED) is 0.192. The minimum absolute atomic E-state index is 0. The van der Waals surface area contributed by atoms with E-state index in [1.54, 1.807) is 23.5 Å². The Labute approximate surface area is 201 Å². The normalized spacial score (nSPS) is 10.4. The van der Waals surface area contributed by atoms with Gasteiger partial charge < -0.3 is 19.8 Å². The van der Waals surface area contributed by atoms with Crippen LogP contribution in [0.25, 0.3) is 0 Å². The number of carbonyl (C=O) groups is 2. The van der Waals surface area contributed by atoms with Crippen LogP contribution in [0.3, 0.4) is 0 Å². The Morgan fingerprint density at radius 1 is 0.621 bits per heavy atom. The molecule has 0 aliphatic rings. The summed E-state index contributed by atoms with van der Waals surface area (Å²) >= 11 is 3.44. The number of carbonyl (C=O) groups excluding carboxylic acids is 2. The van der Waals surface area contributed by atoms with Gasteiger partial charge in [0.05, 0.1) is 0 Å². The summed E-state index contributed by atoms with van der Waals surface area (Å²) < 4.78 is 0. The number of hydrogen-bond donors (Lipinski definition) is 0. The van der Waals surface area contributed by atoms with E-state index in [1.807, 2.05) is 0 Å². The number of rotatable bonds is 18. The Kier molecular flexibility index (Phi) is 30.8. The van der Waals surface area contributed by atoms with Gasteiger partial charge in [-0.15, -0.1) is 0 Å². The van der Waals surface area contributed by atoms with Crippen LogP contribution in [0.4, 0.5) is 0 Å². The van der Waals surface area contributed by atoms with E-state index in [4.69, 9.17) is 0 Å². The average Bonchev–Trinajstić information content (AvgIpc) is 2.59. The average molecular weight is 541 g/mol. The first-order valence-electron chi connectivity index (χ1n) is 10.8. The van der Waals surface area contributed by atoms with Gasteiger partial charge in [-0.1, -0.05) is 66.2 Å². The van der Waals surface area contributed by atoms with Gasteiger partial charge in [0.1, 0.15) is 0 Å². The molecule has 0 aliphatic carbocycles.